The normalized spacial score (nSPS) is 14.2. The lowest BCUT2D eigenvalue weighted by Crippen LogP contribution is -3.00. The minimum Gasteiger partial charge on any atom is -1.00 e. The summed E-state index contributed by atoms with van der Waals surface area (Å²) in [7, 11) is 6.74. The number of aliphatic hydroxyl groups excluding tert-OH is 2. The van der Waals surface area contributed by atoms with Crippen LogP contribution in [0.5, 0.6) is 0 Å². The van der Waals surface area contributed by atoms with Crippen molar-refractivity contribution in [3.8, 4) is 0 Å². The fraction of sp³-hybridized carbons (Fsp3) is 1.00. The van der Waals surface area contributed by atoms with Crippen molar-refractivity contribution in [2.24, 2.45) is 0 Å². The van der Waals surface area contributed by atoms with E-state index in [0.29, 0.717) is 0 Å². The third-order valence-corrected chi connectivity index (χ3v) is 4.88. The Balaban J connectivity index is 0. The molecular formula is C21H46BrNO2. The summed E-state index contributed by atoms with van der Waals surface area (Å²) in [6.07, 6.45) is 15.3. The van der Waals surface area contributed by atoms with E-state index in [-0.39, 0.29) is 17.0 Å². The maximum absolute atomic E-state index is 10.0. The van der Waals surface area contributed by atoms with Gasteiger partial charge in [0, 0.05) is 0 Å². The summed E-state index contributed by atoms with van der Waals surface area (Å²) in [6, 6.07) is 0. The van der Waals surface area contributed by atoms with Crippen molar-refractivity contribution in [1.29, 1.82) is 0 Å². The third kappa shape index (κ3) is 20.5. The summed E-state index contributed by atoms with van der Waals surface area (Å²) in [5, 5.41) is 20.1. The van der Waals surface area contributed by atoms with E-state index in [4.69, 9.17) is 0 Å². The number of unbranched alkanes of at least 4 members (excludes halogenated alkanes) is 10. The molecule has 4 heteroatoms. The summed E-state index contributed by atoms with van der Waals surface area (Å²) in [6.45, 7) is 3.48. The minimum atomic E-state index is -0.515. The lowest BCUT2D eigenvalue weighted by Gasteiger charge is -2.23. The Morgan fingerprint density at radius 2 is 0.960 bits per heavy atom. The van der Waals surface area contributed by atoms with E-state index in [1.54, 1.807) is 0 Å². The second kappa shape index (κ2) is 17.8. The molecule has 0 heterocycles. The predicted molar refractivity (Wildman–Crippen MR) is 105 cm³/mol. The van der Waals surface area contributed by atoms with Crippen LogP contribution in [0.2, 0.25) is 0 Å². The number of hydrogen-bond donors (Lipinski definition) is 2. The number of aliphatic hydroxyl groups is 2. The highest BCUT2D eigenvalue weighted by molar-refractivity contribution is 4.67. The molecule has 0 aromatic carbocycles. The maximum Gasteiger partial charge on any atom is 0.0799 e. The first-order valence-corrected chi connectivity index (χ1v) is 10.5. The van der Waals surface area contributed by atoms with Gasteiger partial charge in [-0.15, -0.1) is 0 Å². The number of rotatable bonds is 17. The first kappa shape index (κ1) is 27.6. The molecule has 0 aliphatic rings. The van der Waals surface area contributed by atoms with Gasteiger partial charge in [0.05, 0.1) is 39.9 Å². The zero-order valence-corrected chi connectivity index (χ0v) is 19.1. The molecule has 0 spiro atoms. The van der Waals surface area contributed by atoms with Gasteiger partial charge in [-0.25, -0.2) is 0 Å². The molecule has 2 N–H and O–H groups in total. The van der Waals surface area contributed by atoms with Crippen molar-refractivity contribution in [3.05, 3.63) is 0 Å². The molecule has 0 rings (SSSR count). The van der Waals surface area contributed by atoms with Crippen LogP contribution < -0.4 is 17.0 Å². The van der Waals surface area contributed by atoms with Crippen molar-refractivity contribution in [3.63, 3.8) is 0 Å². The van der Waals surface area contributed by atoms with Crippen molar-refractivity contribution >= 4 is 0 Å². The molecule has 0 fully saturated rings. The van der Waals surface area contributed by atoms with Crippen LogP contribution in [0, 0.1) is 0 Å². The maximum atomic E-state index is 10.0. The van der Waals surface area contributed by atoms with Crippen LogP contribution in [0.3, 0.4) is 0 Å². The fourth-order valence-electron chi connectivity index (χ4n) is 3.17. The first-order chi connectivity index (χ1) is 11.4. The van der Waals surface area contributed by atoms with Crippen LogP contribution in [-0.2, 0) is 0 Å². The summed E-state index contributed by atoms with van der Waals surface area (Å²) in [5.41, 5.74) is 0. The quantitative estimate of drug-likeness (QED) is 0.277. The van der Waals surface area contributed by atoms with E-state index >= 15 is 0 Å². The lowest BCUT2D eigenvalue weighted by atomic mass is 9.99. The van der Waals surface area contributed by atoms with Crippen LogP contribution in [0.25, 0.3) is 0 Å². The summed E-state index contributed by atoms with van der Waals surface area (Å²) < 4.78 is 1.06. The van der Waals surface area contributed by atoms with Crippen molar-refractivity contribution in [1.82, 2.24) is 0 Å². The number of hydrogen-bond acceptors (Lipinski definition) is 2. The molecule has 0 aromatic heterocycles. The van der Waals surface area contributed by atoms with Crippen LogP contribution in [0.4, 0.5) is 0 Å². The van der Waals surface area contributed by atoms with E-state index in [1.807, 2.05) is 0 Å². The second-order valence-electron chi connectivity index (χ2n) is 8.62. The highest BCUT2D eigenvalue weighted by atomic mass is 79.9. The molecule has 2 atom stereocenters. The van der Waals surface area contributed by atoms with Gasteiger partial charge in [-0.1, -0.05) is 71.1 Å². The summed E-state index contributed by atoms with van der Waals surface area (Å²) in [5.74, 6) is 0. The minimum absolute atomic E-state index is 0. The first-order valence-electron chi connectivity index (χ1n) is 10.5. The number of nitrogens with zero attached hydrogens (tertiary/aromatic N) is 1. The van der Waals surface area contributed by atoms with Gasteiger partial charge < -0.3 is 31.7 Å². The van der Waals surface area contributed by atoms with Crippen molar-refractivity contribution in [2.75, 3.05) is 27.7 Å². The third-order valence-electron chi connectivity index (χ3n) is 4.88. The topological polar surface area (TPSA) is 40.5 Å². The Morgan fingerprint density at radius 1 is 0.600 bits per heavy atom. The molecular weight excluding hydrogens is 378 g/mol. The van der Waals surface area contributed by atoms with Gasteiger partial charge in [0.1, 0.15) is 0 Å². The lowest BCUT2D eigenvalue weighted by molar-refractivity contribution is -0.870. The summed E-state index contributed by atoms with van der Waals surface area (Å²) >= 11 is 0. The zero-order chi connectivity index (χ0) is 18.3. The second-order valence-corrected chi connectivity index (χ2v) is 8.62. The monoisotopic (exact) mass is 423 g/mol. The van der Waals surface area contributed by atoms with Crippen LogP contribution in [-0.4, -0.2) is 54.6 Å². The molecule has 0 aliphatic carbocycles. The van der Waals surface area contributed by atoms with E-state index < -0.39 is 12.2 Å². The van der Waals surface area contributed by atoms with E-state index in [9.17, 15) is 10.2 Å². The average molecular weight is 425 g/mol. The number of halogens is 1. The van der Waals surface area contributed by atoms with Crippen molar-refractivity contribution < 1.29 is 31.7 Å². The van der Waals surface area contributed by atoms with Gasteiger partial charge >= 0.3 is 0 Å². The Morgan fingerprint density at radius 3 is 1.36 bits per heavy atom. The predicted octanol–water partition coefficient (Wildman–Crippen LogP) is 1.90. The van der Waals surface area contributed by atoms with Crippen molar-refractivity contribution in [2.45, 2.75) is 109 Å². The van der Waals surface area contributed by atoms with E-state index in [1.165, 1.54) is 70.8 Å². The molecule has 0 radical (unpaired) electrons. The van der Waals surface area contributed by atoms with Gasteiger partial charge in [0.25, 0.3) is 0 Å². The average Bonchev–Trinajstić information content (AvgIpc) is 2.51. The summed E-state index contributed by atoms with van der Waals surface area (Å²) in [4.78, 5) is 0. The molecule has 0 aromatic rings. The Hall–Kier alpha value is 0.360. The van der Waals surface area contributed by atoms with E-state index in [2.05, 4.69) is 28.1 Å². The highest BCUT2D eigenvalue weighted by Crippen LogP contribution is 2.15. The molecule has 3 nitrogen and oxygen atoms in total. The van der Waals surface area contributed by atoms with Gasteiger partial charge in [0.15, 0.2) is 0 Å². The Bertz CT molecular complexity index is 269. The SMILES string of the molecule is CCCCCCCC[C@H](O)[C@@H](O)CCCCCCCC[N+](C)(C)C.[Br-]. The Kier molecular flexibility index (Phi) is 19.6. The molecule has 0 unspecified atom stereocenters. The molecule has 0 saturated heterocycles. The van der Waals surface area contributed by atoms with Crippen LogP contribution >= 0.6 is 0 Å². The van der Waals surface area contributed by atoms with E-state index in [0.717, 1.165) is 30.2 Å². The van der Waals surface area contributed by atoms with Crippen LogP contribution in [0.1, 0.15) is 96.8 Å². The highest BCUT2D eigenvalue weighted by Gasteiger charge is 2.15. The largest absolute Gasteiger partial charge is 1.00 e. The van der Waals surface area contributed by atoms with Gasteiger partial charge in [-0.05, 0) is 25.7 Å². The van der Waals surface area contributed by atoms with Gasteiger partial charge in [0.2, 0.25) is 0 Å². The molecule has 0 amide bonds. The Labute approximate surface area is 168 Å². The molecule has 0 saturated carbocycles. The number of quaternary nitrogens is 1. The van der Waals surface area contributed by atoms with Crippen LogP contribution in [0.15, 0.2) is 0 Å². The molecule has 25 heavy (non-hydrogen) atoms. The fourth-order valence-corrected chi connectivity index (χ4v) is 3.17. The molecule has 154 valence electrons. The smallest absolute Gasteiger partial charge is 0.0799 e. The molecule has 0 bridgehead atoms. The zero-order valence-electron chi connectivity index (χ0n) is 17.5. The standard InChI is InChI=1S/C21H46NO2.BrH/c1-5-6-7-8-11-14-17-20(23)21(24)18-15-12-9-10-13-16-19-22(2,3)4;/h20-21,23-24H,5-19H2,1-4H3;1H/q+1;/p-1/t20-,21-;/m0./s1. The van der Waals surface area contributed by atoms with Gasteiger partial charge in [-0.2, -0.15) is 0 Å². The molecule has 0 aliphatic heterocycles. The van der Waals surface area contributed by atoms with Gasteiger partial charge in [-0.3, -0.25) is 0 Å².